The Morgan fingerprint density at radius 3 is 2.14 bits per heavy atom. The fourth-order valence-electron chi connectivity index (χ4n) is 1.16. The summed E-state index contributed by atoms with van der Waals surface area (Å²) < 4.78 is 2.31. The Morgan fingerprint density at radius 1 is 0.786 bits per heavy atom. The molecule has 14 heavy (non-hydrogen) atoms. The van der Waals surface area contributed by atoms with Crippen molar-refractivity contribution in [2.75, 3.05) is 0 Å². The Morgan fingerprint density at radius 2 is 1.43 bits per heavy atom. The normalized spacial score (nSPS) is 10.0. The van der Waals surface area contributed by atoms with E-state index in [-0.39, 0.29) is 15.0 Å². The Balaban J connectivity index is 2.24. The number of hydrogen-bond acceptors (Lipinski definition) is 1. The summed E-state index contributed by atoms with van der Waals surface area (Å²) in [5.41, 5.74) is 0. The molecule has 0 aliphatic heterocycles. The van der Waals surface area contributed by atoms with E-state index in [1.165, 1.54) is 4.46 Å². The molecule has 0 aliphatic rings. The predicted molar refractivity (Wildman–Crippen MR) is 59.6 cm³/mol. The van der Waals surface area contributed by atoms with Gasteiger partial charge in [-0.25, -0.2) is 0 Å². The number of phenols is 1. The number of para-hydroxylation sites is 1. The minimum atomic E-state index is 0.201. The second kappa shape index (κ2) is 4.32. The Bertz CT molecular complexity index is 412. The van der Waals surface area contributed by atoms with Gasteiger partial charge in [0.15, 0.2) is 0 Å². The van der Waals surface area contributed by atoms with Crippen LogP contribution >= 0.6 is 0 Å². The molecule has 0 unspecified atom stereocenters. The monoisotopic (exact) mass is 250 g/mol. The molecule has 0 bridgehead atoms. The predicted octanol–water partition coefficient (Wildman–Crippen LogP) is 1.05. The van der Waals surface area contributed by atoms with Crippen LogP contribution in [0.3, 0.4) is 0 Å². The Hall–Kier alpha value is -1.24. The van der Waals surface area contributed by atoms with Crippen LogP contribution in [0.2, 0.25) is 0 Å². The third kappa shape index (κ3) is 2.16. The SMILES string of the molecule is Oc1ccccc1[Se]c1ccccc1. The Labute approximate surface area is 89.6 Å². The van der Waals surface area contributed by atoms with Gasteiger partial charge in [-0.05, 0) is 0 Å². The van der Waals surface area contributed by atoms with Gasteiger partial charge in [-0.15, -0.1) is 0 Å². The van der Waals surface area contributed by atoms with Crippen molar-refractivity contribution in [2.24, 2.45) is 0 Å². The van der Waals surface area contributed by atoms with Crippen LogP contribution < -0.4 is 8.92 Å². The van der Waals surface area contributed by atoms with Crippen molar-refractivity contribution < 1.29 is 5.11 Å². The summed E-state index contributed by atoms with van der Waals surface area (Å²) in [5.74, 6) is 0.399. The molecule has 2 aromatic carbocycles. The van der Waals surface area contributed by atoms with Crippen LogP contribution in [-0.4, -0.2) is 20.1 Å². The van der Waals surface area contributed by atoms with Gasteiger partial charge in [-0.3, -0.25) is 0 Å². The molecular formula is C12H10OSe. The van der Waals surface area contributed by atoms with Gasteiger partial charge in [0.05, 0.1) is 0 Å². The van der Waals surface area contributed by atoms with Gasteiger partial charge in [0, 0.05) is 0 Å². The maximum absolute atomic E-state index is 9.59. The van der Waals surface area contributed by atoms with Crippen molar-refractivity contribution in [1.82, 2.24) is 0 Å². The van der Waals surface area contributed by atoms with E-state index in [1.807, 2.05) is 36.4 Å². The number of aromatic hydroxyl groups is 1. The summed E-state index contributed by atoms with van der Waals surface area (Å²) in [6, 6.07) is 17.7. The minimum absolute atomic E-state index is 0.201. The van der Waals surface area contributed by atoms with Crippen LogP contribution in [0.25, 0.3) is 0 Å². The number of rotatable bonds is 2. The number of benzene rings is 2. The summed E-state index contributed by atoms with van der Waals surface area (Å²) in [7, 11) is 0. The van der Waals surface area contributed by atoms with Crippen molar-refractivity contribution in [3.8, 4) is 5.75 Å². The molecule has 0 radical (unpaired) electrons. The van der Waals surface area contributed by atoms with Crippen LogP contribution in [0, 0.1) is 0 Å². The molecule has 2 heteroatoms. The van der Waals surface area contributed by atoms with Crippen molar-refractivity contribution in [2.45, 2.75) is 0 Å². The average molecular weight is 249 g/mol. The van der Waals surface area contributed by atoms with Gasteiger partial charge in [0.2, 0.25) is 0 Å². The zero-order valence-electron chi connectivity index (χ0n) is 7.55. The fourth-order valence-corrected chi connectivity index (χ4v) is 2.98. The molecule has 0 spiro atoms. The second-order valence-electron chi connectivity index (χ2n) is 2.88. The first kappa shape index (κ1) is 9.32. The third-order valence-electron chi connectivity index (χ3n) is 1.84. The molecule has 2 rings (SSSR count). The molecule has 1 nitrogen and oxygen atoms in total. The zero-order valence-corrected chi connectivity index (χ0v) is 9.26. The molecule has 0 saturated heterocycles. The molecule has 70 valence electrons. The molecule has 0 atom stereocenters. The van der Waals surface area contributed by atoms with Gasteiger partial charge in [-0.1, -0.05) is 0 Å². The van der Waals surface area contributed by atoms with Crippen LogP contribution in [0.1, 0.15) is 0 Å². The average Bonchev–Trinajstić information content (AvgIpc) is 2.23. The van der Waals surface area contributed by atoms with E-state index in [4.69, 9.17) is 0 Å². The number of hydrogen-bond donors (Lipinski definition) is 1. The summed E-state index contributed by atoms with van der Waals surface area (Å²) in [5, 5.41) is 9.59. The molecule has 2 aromatic rings. The van der Waals surface area contributed by atoms with Crippen molar-refractivity contribution in [3.63, 3.8) is 0 Å². The molecule has 0 heterocycles. The van der Waals surface area contributed by atoms with E-state index in [1.54, 1.807) is 6.07 Å². The maximum atomic E-state index is 9.59. The third-order valence-corrected chi connectivity index (χ3v) is 4.09. The van der Waals surface area contributed by atoms with Crippen LogP contribution in [0.4, 0.5) is 0 Å². The van der Waals surface area contributed by atoms with E-state index in [0.29, 0.717) is 5.75 Å². The molecule has 1 N–H and O–H groups in total. The van der Waals surface area contributed by atoms with Gasteiger partial charge in [-0.2, -0.15) is 0 Å². The first-order valence-corrected chi connectivity index (χ1v) is 6.08. The number of phenolic OH excluding ortho intramolecular Hbond substituents is 1. The van der Waals surface area contributed by atoms with Gasteiger partial charge in [0.25, 0.3) is 0 Å². The quantitative estimate of drug-likeness (QED) is 0.789. The second-order valence-corrected chi connectivity index (χ2v) is 5.22. The molecular weight excluding hydrogens is 239 g/mol. The van der Waals surface area contributed by atoms with Gasteiger partial charge >= 0.3 is 89.3 Å². The molecule has 0 amide bonds. The first-order valence-electron chi connectivity index (χ1n) is 4.37. The fraction of sp³-hybridized carbons (Fsp3) is 0. The van der Waals surface area contributed by atoms with E-state index >= 15 is 0 Å². The van der Waals surface area contributed by atoms with Crippen molar-refractivity contribution in [1.29, 1.82) is 0 Å². The van der Waals surface area contributed by atoms with Crippen LogP contribution in [0.15, 0.2) is 54.6 Å². The van der Waals surface area contributed by atoms with E-state index in [9.17, 15) is 5.11 Å². The van der Waals surface area contributed by atoms with Crippen molar-refractivity contribution in [3.05, 3.63) is 54.6 Å². The summed E-state index contributed by atoms with van der Waals surface area (Å²) >= 11 is 0.201. The summed E-state index contributed by atoms with van der Waals surface area (Å²) in [6.07, 6.45) is 0. The van der Waals surface area contributed by atoms with Crippen LogP contribution in [0.5, 0.6) is 5.75 Å². The van der Waals surface area contributed by atoms with Crippen LogP contribution in [-0.2, 0) is 0 Å². The topological polar surface area (TPSA) is 20.2 Å². The molecule has 0 aromatic heterocycles. The first-order chi connectivity index (χ1) is 6.86. The summed E-state index contributed by atoms with van der Waals surface area (Å²) in [6.45, 7) is 0. The van der Waals surface area contributed by atoms with E-state index < -0.39 is 0 Å². The zero-order chi connectivity index (χ0) is 9.80. The summed E-state index contributed by atoms with van der Waals surface area (Å²) in [4.78, 5) is 0. The molecule has 0 fully saturated rings. The standard InChI is InChI=1S/C12H10OSe/c13-11-8-4-5-9-12(11)14-10-6-2-1-3-7-10/h1-9,13H. The molecule has 0 saturated carbocycles. The van der Waals surface area contributed by atoms with Gasteiger partial charge in [0.1, 0.15) is 0 Å². The Kier molecular flexibility index (Phi) is 2.87. The van der Waals surface area contributed by atoms with E-state index in [0.717, 1.165) is 4.46 Å². The van der Waals surface area contributed by atoms with Gasteiger partial charge < -0.3 is 0 Å². The van der Waals surface area contributed by atoms with E-state index in [2.05, 4.69) is 12.1 Å². The molecule has 0 aliphatic carbocycles. The van der Waals surface area contributed by atoms with Crippen molar-refractivity contribution >= 4 is 23.9 Å².